The summed E-state index contributed by atoms with van der Waals surface area (Å²) in [6.07, 6.45) is 0. The lowest BCUT2D eigenvalue weighted by Crippen LogP contribution is -2.31. The fourth-order valence-electron chi connectivity index (χ4n) is 7.41. The maximum absolute atomic E-state index is 6.63. The van der Waals surface area contributed by atoms with E-state index in [1.165, 1.54) is 43.2 Å². The monoisotopic (exact) mass is 619 g/mol. The lowest BCUT2D eigenvalue weighted by Gasteiger charge is -2.39. The predicted octanol–water partition coefficient (Wildman–Crippen LogP) is 10.4. The molecule has 1 aliphatic heterocycles. The first-order chi connectivity index (χ1) is 23.3. The van der Waals surface area contributed by atoms with Gasteiger partial charge in [0.1, 0.15) is 5.58 Å². The van der Waals surface area contributed by atoms with Crippen LogP contribution in [0.2, 0.25) is 0 Å². The number of fused-ring (bicyclic) bond motifs is 10. The van der Waals surface area contributed by atoms with Crippen LogP contribution in [0.4, 0.5) is 0 Å². The molecule has 0 atom stereocenters. The summed E-state index contributed by atoms with van der Waals surface area (Å²) in [5, 5.41) is 1.02. The van der Waals surface area contributed by atoms with Gasteiger partial charge < -0.3 is 4.42 Å². The van der Waals surface area contributed by atoms with Crippen molar-refractivity contribution in [2.24, 2.45) is 0 Å². The van der Waals surface area contributed by atoms with Crippen molar-refractivity contribution in [1.29, 1.82) is 0 Å². The molecule has 220 valence electrons. The summed E-state index contributed by atoms with van der Waals surface area (Å²) in [4.78, 5) is 17.3. The molecule has 3 heterocycles. The number of hydrogen-bond acceptors (Lipinski definition) is 5. The van der Waals surface area contributed by atoms with E-state index in [0.29, 0.717) is 23.2 Å². The molecule has 10 rings (SSSR count). The van der Waals surface area contributed by atoms with E-state index in [0.717, 1.165) is 22.1 Å². The van der Waals surface area contributed by atoms with Gasteiger partial charge >= 0.3 is 0 Å². The number of benzene rings is 6. The Balaban J connectivity index is 1.22. The highest BCUT2D eigenvalue weighted by molar-refractivity contribution is 7.99. The smallest absolute Gasteiger partial charge is 0.199 e. The van der Waals surface area contributed by atoms with Crippen LogP contribution in [0.5, 0.6) is 0 Å². The highest BCUT2D eigenvalue weighted by Gasteiger charge is 2.50. The van der Waals surface area contributed by atoms with Gasteiger partial charge in [-0.2, -0.15) is 0 Å². The SMILES string of the molecule is c1ccc(-c2nc(-c3ccccc3)nc(-c3cc4cc5c(cc4o3)-c3ccccc3C53c4ccccc4Sc4ccccc43)n2)cc1. The van der Waals surface area contributed by atoms with Gasteiger partial charge in [0.15, 0.2) is 23.2 Å². The van der Waals surface area contributed by atoms with Crippen molar-refractivity contribution in [2.45, 2.75) is 15.2 Å². The second-order valence-electron chi connectivity index (χ2n) is 12.0. The second-order valence-corrected chi connectivity index (χ2v) is 13.1. The van der Waals surface area contributed by atoms with Crippen LogP contribution < -0.4 is 0 Å². The van der Waals surface area contributed by atoms with Crippen molar-refractivity contribution in [3.8, 4) is 45.5 Å². The Morgan fingerprint density at radius 1 is 0.447 bits per heavy atom. The average Bonchev–Trinajstić information content (AvgIpc) is 3.69. The third-order valence-corrected chi connectivity index (χ3v) is 10.6. The number of nitrogens with zero attached hydrogens (tertiary/aromatic N) is 3. The molecule has 4 nitrogen and oxygen atoms in total. The maximum atomic E-state index is 6.63. The van der Waals surface area contributed by atoms with Crippen LogP contribution in [0.15, 0.2) is 166 Å². The summed E-state index contributed by atoms with van der Waals surface area (Å²) in [5.74, 6) is 2.34. The van der Waals surface area contributed by atoms with Gasteiger partial charge in [-0.3, -0.25) is 0 Å². The van der Waals surface area contributed by atoms with Crippen LogP contribution in [0.25, 0.3) is 56.5 Å². The number of rotatable bonds is 3. The van der Waals surface area contributed by atoms with Gasteiger partial charge in [-0.1, -0.05) is 133 Å². The van der Waals surface area contributed by atoms with E-state index in [4.69, 9.17) is 19.4 Å². The molecule has 8 aromatic rings. The molecule has 0 saturated heterocycles. The van der Waals surface area contributed by atoms with Gasteiger partial charge in [0.25, 0.3) is 0 Å². The Labute approximate surface area is 275 Å². The topological polar surface area (TPSA) is 51.8 Å². The van der Waals surface area contributed by atoms with Gasteiger partial charge in [-0.15, -0.1) is 0 Å². The Hall–Kier alpha value is -5.78. The van der Waals surface area contributed by atoms with Crippen LogP contribution in [-0.4, -0.2) is 15.0 Å². The highest BCUT2D eigenvalue weighted by atomic mass is 32.2. The van der Waals surface area contributed by atoms with Crippen LogP contribution in [-0.2, 0) is 5.41 Å². The third kappa shape index (κ3) is 3.87. The van der Waals surface area contributed by atoms with Gasteiger partial charge in [0.2, 0.25) is 0 Å². The van der Waals surface area contributed by atoms with E-state index in [-0.39, 0.29) is 0 Å². The fraction of sp³-hybridized carbons (Fsp3) is 0.0238. The third-order valence-electron chi connectivity index (χ3n) is 9.40. The first-order valence-electron chi connectivity index (χ1n) is 15.7. The second kappa shape index (κ2) is 10.1. The van der Waals surface area contributed by atoms with E-state index >= 15 is 0 Å². The zero-order chi connectivity index (χ0) is 31.0. The first-order valence-corrected chi connectivity index (χ1v) is 16.5. The van der Waals surface area contributed by atoms with Gasteiger partial charge in [0, 0.05) is 26.3 Å². The minimum atomic E-state index is -0.440. The lowest BCUT2D eigenvalue weighted by atomic mass is 9.67. The molecule has 1 aliphatic carbocycles. The van der Waals surface area contributed by atoms with Crippen molar-refractivity contribution in [3.63, 3.8) is 0 Å². The maximum Gasteiger partial charge on any atom is 0.199 e. The quantitative estimate of drug-likeness (QED) is 0.197. The molecule has 2 aliphatic rings. The van der Waals surface area contributed by atoms with E-state index in [2.05, 4.69) is 91.0 Å². The minimum Gasteiger partial charge on any atom is -0.453 e. The van der Waals surface area contributed by atoms with E-state index in [1.807, 2.05) is 72.4 Å². The average molecular weight is 620 g/mol. The van der Waals surface area contributed by atoms with E-state index in [1.54, 1.807) is 0 Å². The molecule has 0 unspecified atom stereocenters. The van der Waals surface area contributed by atoms with Crippen molar-refractivity contribution in [3.05, 3.63) is 174 Å². The van der Waals surface area contributed by atoms with E-state index in [9.17, 15) is 0 Å². The standard InChI is InChI=1S/C42H25N3OS/c1-3-13-26(14-4-1)39-43-40(27-15-5-2-6-16-27)45-41(44-39)36-24-28-23-34-30(25-35(28)46-36)29-17-7-8-18-31(29)42(34)32-19-9-11-21-37(32)47-38-22-12-10-20-33(38)42/h1-25H. The summed E-state index contributed by atoms with van der Waals surface area (Å²) in [6, 6.07) is 53.3. The zero-order valence-corrected chi connectivity index (χ0v) is 25.9. The largest absolute Gasteiger partial charge is 0.453 e. The highest BCUT2D eigenvalue weighted by Crippen LogP contribution is 2.62. The van der Waals surface area contributed by atoms with Crippen LogP contribution in [0.3, 0.4) is 0 Å². The molecule has 5 heteroatoms. The summed E-state index contributed by atoms with van der Waals surface area (Å²) in [5.41, 5.74) is 9.84. The Morgan fingerprint density at radius 3 is 1.62 bits per heavy atom. The van der Waals surface area contributed by atoms with Gasteiger partial charge in [0.05, 0.1) is 5.41 Å². The van der Waals surface area contributed by atoms with Crippen LogP contribution >= 0.6 is 11.8 Å². The molecule has 0 N–H and O–H groups in total. The molecule has 0 radical (unpaired) electrons. The number of furan rings is 1. The molecular formula is C42H25N3OS. The first kappa shape index (κ1) is 26.4. The molecule has 1 spiro atoms. The number of aromatic nitrogens is 3. The Bertz CT molecular complexity index is 2400. The Kier molecular flexibility index (Phi) is 5.69. The molecule has 0 amide bonds. The summed E-state index contributed by atoms with van der Waals surface area (Å²) in [7, 11) is 0. The molecule has 0 saturated carbocycles. The van der Waals surface area contributed by atoms with Crippen LogP contribution in [0.1, 0.15) is 22.3 Å². The van der Waals surface area contributed by atoms with Crippen molar-refractivity contribution in [1.82, 2.24) is 15.0 Å². The summed E-state index contributed by atoms with van der Waals surface area (Å²) >= 11 is 1.86. The molecule has 0 fully saturated rings. The minimum absolute atomic E-state index is 0.440. The Morgan fingerprint density at radius 2 is 0.979 bits per heavy atom. The fourth-order valence-corrected chi connectivity index (χ4v) is 8.61. The predicted molar refractivity (Wildman–Crippen MR) is 187 cm³/mol. The zero-order valence-electron chi connectivity index (χ0n) is 25.1. The molecule has 0 bridgehead atoms. The molecule has 6 aromatic carbocycles. The molecular weight excluding hydrogens is 595 g/mol. The normalized spacial score (nSPS) is 13.6. The van der Waals surface area contributed by atoms with Gasteiger partial charge in [-0.25, -0.2) is 15.0 Å². The van der Waals surface area contributed by atoms with Crippen LogP contribution in [0, 0.1) is 0 Å². The molecule has 2 aromatic heterocycles. The van der Waals surface area contributed by atoms with Crippen molar-refractivity contribution < 1.29 is 4.42 Å². The van der Waals surface area contributed by atoms with Crippen molar-refractivity contribution in [2.75, 3.05) is 0 Å². The summed E-state index contributed by atoms with van der Waals surface area (Å²) < 4.78 is 6.63. The van der Waals surface area contributed by atoms with Crippen molar-refractivity contribution >= 4 is 22.7 Å². The van der Waals surface area contributed by atoms with E-state index < -0.39 is 5.41 Å². The number of hydrogen-bond donors (Lipinski definition) is 0. The van der Waals surface area contributed by atoms with Gasteiger partial charge in [-0.05, 0) is 63.7 Å². The lowest BCUT2D eigenvalue weighted by molar-refractivity contribution is 0.624. The molecule has 47 heavy (non-hydrogen) atoms. The summed E-state index contributed by atoms with van der Waals surface area (Å²) in [6.45, 7) is 0.